The maximum atomic E-state index is 12.4. The number of aromatic nitrogens is 2. The molecule has 1 aliphatic heterocycles. The second-order valence-electron chi connectivity index (χ2n) is 4.65. The first-order valence-electron chi connectivity index (χ1n) is 6.46. The van der Waals surface area contributed by atoms with Crippen LogP contribution in [0.1, 0.15) is 18.1 Å². The largest absolute Gasteiger partial charge is 0.490 e. The summed E-state index contributed by atoms with van der Waals surface area (Å²) in [6.07, 6.45) is 0.763. The average Bonchev–Trinajstić information content (AvgIpc) is 2.72. The predicted molar refractivity (Wildman–Crippen MR) is 72.0 cm³/mol. The van der Waals surface area contributed by atoms with Gasteiger partial charge in [-0.25, -0.2) is 8.42 Å². The minimum absolute atomic E-state index is 0.139. The van der Waals surface area contributed by atoms with E-state index in [-0.39, 0.29) is 16.5 Å². The van der Waals surface area contributed by atoms with Crippen LogP contribution in [-0.2, 0) is 15.6 Å². The monoisotopic (exact) mass is 310 g/mol. The van der Waals surface area contributed by atoms with E-state index in [0.717, 1.165) is 6.42 Å². The highest BCUT2D eigenvalue weighted by atomic mass is 32.2. The Kier molecular flexibility index (Phi) is 3.54. The van der Waals surface area contributed by atoms with Crippen LogP contribution in [0.2, 0.25) is 0 Å². The van der Waals surface area contributed by atoms with Gasteiger partial charge in [-0.2, -0.15) is 4.98 Å². The summed E-state index contributed by atoms with van der Waals surface area (Å²) in [5, 5.41) is 3.61. The van der Waals surface area contributed by atoms with Crippen LogP contribution in [0.15, 0.2) is 27.6 Å². The molecular formula is C13H14N2O5S. The van der Waals surface area contributed by atoms with Crippen LogP contribution in [0, 0.1) is 6.92 Å². The van der Waals surface area contributed by atoms with Crippen LogP contribution in [0.4, 0.5) is 0 Å². The highest BCUT2D eigenvalue weighted by Crippen LogP contribution is 2.32. The van der Waals surface area contributed by atoms with E-state index in [1.165, 1.54) is 12.1 Å². The Hall–Kier alpha value is -2.09. The Balaban J connectivity index is 1.90. The van der Waals surface area contributed by atoms with Gasteiger partial charge in [0.15, 0.2) is 27.2 Å². The standard InChI is InChI=1S/C13H14N2O5S/c1-9-14-13(15-20-9)8-21(16,17)10-3-4-11-12(7-10)19-6-2-5-18-11/h3-4,7H,2,5-6,8H2,1H3. The summed E-state index contributed by atoms with van der Waals surface area (Å²) < 4.78 is 40.5. The Morgan fingerprint density at radius 2 is 1.95 bits per heavy atom. The number of ether oxygens (including phenoxy) is 2. The van der Waals surface area contributed by atoms with Gasteiger partial charge in [-0.3, -0.25) is 0 Å². The number of hydrogen-bond acceptors (Lipinski definition) is 7. The zero-order valence-corrected chi connectivity index (χ0v) is 12.2. The van der Waals surface area contributed by atoms with Crippen molar-refractivity contribution in [3.05, 3.63) is 29.9 Å². The van der Waals surface area contributed by atoms with Gasteiger partial charge in [0.25, 0.3) is 0 Å². The molecule has 0 fully saturated rings. The molecule has 0 amide bonds. The van der Waals surface area contributed by atoms with Crippen LogP contribution >= 0.6 is 0 Å². The van der Waals surface area contributed by atoms with Gasteiger partial charge in [-0.05, 0) is 12.1 Å². The molecule has 1 aromatic carbocycles. The van der Waals surface area contributed by atoms with Crippen molar-refractivity contribution < 1.29 is 22.4 Å². The first-order chi connectivity index (χ1) is 10.0. The highest BCUT2D eigenvalue weighted by Gasteiger charge is 2.21. The highest BCUT2D eigenvalue weighted by molar-refractivity contribution is 7.90. The first-order valence-corrected chi connectivity index (χ1v) is 8.11. The fourth-order valence-corrected chi connectivity index (χ4v) is 3.18. The second-order valence-corrected chi connectivity index (χ2v) is 6.64. The molecule has 0 radical (unpaired) electrons. The molecule has 2 aromatic rings. The molecule has 0 aliphatic carbocycles. The summed E-state index contributed by atoms with van der Waals surface area (Å²) in [5.74, 6) is 1.16. The van der Waals surface area contributed by atoms with E-state index in [1.54, 1.807) is 13.0 Å². The maximum Gasteiger partial charge on any atom is 0.223 e. The quantitative estimate of drug-likeness (QED) is 0.848. The van der Waals surface area contributed by atoms with Gasteiger partial charge in [0.2, 0.25) is 5.89 Å². The molecule has 1 aliphatic rings. The Morgan fingerprint density at radius 3 is 2.67 bits per heavy atom. The molecule has 7 nitrogen and oxygen atoms in total. The third-order valence-corrected chi connectivity index (χ3v) is 4.58. The van der Waals surface area contributed by atoms with Crippen molar-refractivity contribution >= 4 is 9.84 Å². The molecule has 0 saturated heterocycles. The number of nitrogens with zero attached hydrogens (tertiary/aromatic N) is 2. The van der Waals surface area contributed by atoms with E-state index < -0.39 is 9.84 Å². The molecule has 0 spiro atoms. The van der Waals surface area contributed by atoms with Crippen molar-refractivity contribution in [1.29, 1.82) is 0 Å². The molecule has 21 heavy (non-hydrogen) atoms. The number of benzene rings is 1. The van der Waals surface area contributed by atoms with Crippen molar-refractivity contribution in [2.45, 2.75) is 24.0 Å². The fraction of sp³-hybridized carbons (Fsp3) is 0.385. The number of sulfone groups is 1. The van der Waals surface area contributed by atoms with Gasteiger partial charge in [-0.1, -0.05) is 5.16 Å². The second kappa shape index (κ2) is 5.36. The molecule has 0 atom stereocenters. The van der Waals surface area contributed by atoms with E-state index in [2.05, 4.69) is 10.1 Å². The Labute approximate surface area is 121 Å². The first kappa shape index (κ1) is 13.9. The van der Waals surface area contributed by atoms with Crippen LogP contribution in [0.5, 0.6) is 11.5 Å². The SMILES string of the molecule is Cc1nc(CS(=O)(=O)c2ccc3c(c2)OCCCO3)no1. The minimum Gasteiger partial charge on any atom is -0.490 e. The molecule has 0 bridgehead atoms. The molecule has 3 rings (SSSR count). The summed E-state index contributed by atoms with van der Waals surface area (Å²) in [6, 6.07) is 4.58. The van der Waals surface area contributed by atoms with Crippen molar-refractivity contribution in [1.82, 2.24) is 10.1 Å². The van der Waals surface area contributed by atoms with Crippen LogP contribution < -0.4 is 9.47 Å². The Morgan fingerprint density at radius 1 is 1.19 bits per heavy atom. The van der Waals surface area contributed by atoms with Crippen molar-refractivity contribution in [3.63, 3.8) is 0 Å². The number of aryl methyl sites for hydroxylation is 1. The van der Waals surface area contributed by atoms with Gasteiger partial charge in [-0.15, -0.1) is 0 Å². The summed E-state index contributed by atoms with van der Waals surface area (Å²) in [6.45, 7) is 2.67. The van der Waals surface area contributed by atoms with Gasteiger partial charge in [0.05, 0.1) is 18.1 Å². The van der Waals surface area contributed by atoms with Crippen molar-refractivity contribution in [2.75, 3.05) is 13.2 Å². The molecule has 0 saturated carbocycles. The molecule has 0 N–H and O–H groups in total. The lowest BCUT2D eigenvalue weighted by Crippen LogP contribution is -2.07. The number of rotatable bonds is 3. The summed E-state index contributed by atoms with van der Waals surface area (Å²) >= 11 is 0. The van der Waals surface area contributed by atoms with Crippen molar-refractivity contribution in [3.8, 4) is 11.5 Å². The van der Waals surface area contributed by atoms with E-state index in [9.17, 15) is 8.42 Å². The lowest BCUT2D eigenvalue weighted by Gasteiger charge is -2.09. The number of fused-ring (bicyclic) bond motifs is 1. The van der Waals surface area contributed by atoms with E-state index in [4.69, 9.17) is 14.0 Å². The molecule has 8 heteroatoms. The average molecular weight is 310 g/mol. The fourth-order valence-electron chi connectivity index (χ4n) is 1.99. The molecule has 0 unspecified atom stereocenters. The van der Waals surface area contributed by atoms with E-state index in [0.29, 0.717) is 30.6 Å². The zero-order chi connectivity index (χ0) is 14.9. The minimum atomic E-state index is -3.57. The summed E-state index contributed by atoms with van der Waals surface area (Å²) in [4.78, 5) is 4.06. The van der Waals surface area contributed by atoms with Crippen LogP contribution in [0.25, 0.3) is 0 Å². The lowest BCUT2D eigenvalue weighted by molar-refractivity contribution is 0.297. The maximum absolute atomic E-state index is 12.4. The van der Waals surface area contributed by atoms with Crippen LogP contribution in [0.3, 0.4) is 0 Å². The topological polar surface area (TPSA) is 91.5 Å². The van der Waals surface area contributed by atoms with Crippen LogP contribution in [-0.4, -0.2) is 31.8 Å². The molecular weight excluding hydrogens is 296 g/mol. The normalized spacial score (nSPS) is 14.7. The third kappa shape index (κ3) is 2.99. The molecule has 112 valence electrons. The predicted octanol–water partition coefficient (Wildman–Crippen LogP) is 1.51. The summed E-state index contributed by atoms with van der Waals surface area (Å²) in [7, 11) is -3.57. The molecule has 1 aromatic heterocycles. The van der Waals surface area contributed by atoms with E-state index >= 15 is 0 Å². The molecule has 2 heterocycles. The number of hydrogen-bond donors (Lipinski definition) is 0. The lowest BCUT2D eigenvalue weighted by atomic mass is 10.3. The Bertz CT molecular complexity index is 754. The third-order valence-electron chi connectivity index (χ3n) is 2.97. The van der Waals surface area contributed by atoms with Crippen molar-refractivity contribution in [2.24, 2.45) is 0 Å². The zero-order valence-electron chi connectivity index (χ0n) is 11.4. The van der Waals surface area contributed by atoms with Gasteiger partial charge < -0.3 is 14.0 Å². The van der Waals surface area contributed by atoms with E-state index in [1.807, 2.05) is 0 Å². The smallest absolute Gasteiger partial charge is 0.223 e. The van der Waals surface area contributed by atoms with Gasteiger partial charge in [0, 0.05) is 19.4 Å². The van der Waals surface area contributed by atoms with Gasteiger partial charge in [0.1, 0.15) is 5.75 Å². The van der Waals surface area contributed by atoms with Gasteiger partial charge >= 0.3 is 0 Å². The summed E-state index contributed by atoms with van der Waals surface area (Å²) in [5.41, 5.74) is 0.